The smallest absolute Gasteiger partial charge is 0.116 e. The van der Waals surface area contributed by atoms with Gasteiger partial charge in [-0.2, -0.15) is 5.26 Å². The highest BCUT2D eigenvalue weighted by molar-refractivity contribution is 5.13. The fourth-order valence-electron chi connectivity index (χ4n) is 0.915. The zero-order valence-corrected chi connectivity index (χ0v) is 7.31. The van der Waals surface area contributed by atoms with Crippen molar-refractivity contribution in [3.05, 3.63) is 35.9 Å². The molecule has 1 atom stereocenters. The molecule has 0 aromatic heterocycles. The maximum Gasteiger partial charge on any atom is 0.116 e. The zero-order valence-electron chi connectivity index (χ0n) is 7.31. The Bertz CT molecular complexity index is 279. The minimum atomic E-state index is -0.524. The van der Waals surface area contributed by atoms with Crippen LogP contribution in [-0.2, 0) is 11.3 Å². The second kappa shape index (κ2) is 5.31. The lowest BCUT2D eigenvalue weighted by molar-refractivity contribution is 0.117. The van der Waals surface area contributed by atoms with Crippen molar-refractivity contribution in [2.45, 2.75) is 12.6 Å². The fourth-order valence-corrected chi connectivity index (χ4v) is 0.915. The van der Waals surface area contributed by atoms with Gasteiger partial charge >= 0.3 is 0 Å². The van der Waals surface area contributed by atoms with Crippen LogP contribution < -0.4 is 5.73 Å². The van der Waals surface area contributed by atoms with E-state index in [9.17, 15) is 0 Å². The standard InChI is InChI=1S/C10H12N2O/c11-6-10(12)8-13-7-9-4-2-1-3-5-9/h1-5,10H,7-8,12H2/t10-/m0/s1. The van der Waals surface area contributed by atoms with Gasteiger partial charge < -0.3 is 10.5 Å². The first-order chi connectivity index (χ1) is 6.33. The van der Waals surface area contributed by atoms with Crippen molar-refractivity contribution in [3.8, 4) is 6.07 Å². The third-order valence-corrected chi connectivity index (χ3v) is 1.57. The predicted molar refractivity (Wildman–Crippen MR) is 49.7 cm³/mol. The number of rotatable bonds is 4. The first kappa shape index (κ1) is 9.72. The summed E-state index contributed by atoms with van der Waals surface area (Å²) >= 11 is 0. The zero-order chi connectivity index (χ0) is 9.52. The highest BCUT2D eigenvalue weighted by Crippen LogP contribution is 2.00. The lowest BCUT2D eigenvalue weighted by Crippen LogP contribution is -2.23. The molecular formula is C10H12N2O. The molecule has 0 radical (unpaired) electrons. The van der Waals surface area contributed by atoms with Gasteiger partial charge in [-0.25, -0.2) is 0 Å². The molecular weight excluding hydrogens is 164 g/mol. The first-order valence-electron chi connectivity index (χ1n) is 4.10. The molecule has 3 heteroatoms. The molecule has 0 aliphatic rings. The fraction of sp³-hybridized carbons (Fsp3) is 0.300. The Hall–Kier alpha value is -1.37. The Kier molecular flexibility index (Phi) is 3.97. The van der Waals surface area contributed by atoms with Gasteiger partial charge in [-0.1, -0.05) is 30.3 Å². The normalized spacial score (nSPS) is 12.0. The van der Waals surface area contributed by atoms with E-state index in [1.54, 1.807) is 0 Å². The Morgan fingerprint density at radius 3 is 2.69 bits per heavy atom. The SMILES string of the molecule is N#C[C@H](N)COCc1ccccc1. The van der Waals surface area contributed by atoms with Crippen molar-refractivity contribution >= 4 is 0 Å². The number of nitrogens with two attached hydrogens (primary N) is 1. The first-order valence-corrected chi connectivity index (χ1v) is 4.10. The molecule has 1 aromatic carbocycles. The van der Waals surface area contributed by atoms with Gasteiger partial charge in [0.1, 0.15) is 6.04 Å². The van der Waals surface area contributed by atoms with Gasteiger partial charge in [-0.05, 0) is 5.56 Å². The molecule has 0 unspecified atom stereocenters. The highest BCUT2D eigenvalue weighted by Gasteiger charge is 1.98. The lowest BCUT2D eigenvalue weighted by Gasteiger charge is -2.04. The van der Waals surface area contributed by atoms with Crippen molar-refractivity contribution in [1.29, 1.82) is 5.26 Å². The molecule has 0 bridgehead atoms. The third kappa shape index (κ3) is 3.70. The average Bonchev–Trinajstić information content (AvgIpc) is 2.19. The lowest BCUT2D eigenvalue weighted by atomic mass is 10.2. The summed E-state index contributed by atoms with van der Waals surface area (Å²) in [7, 11) is 0. The number of hydrogen-bond acceptors (Lipinski definition) is 3. The molecule has 1 aromatic rings. The molecule has 68 valence electrons. The Labute approximate surface area is 77.7 Å². The van der Waals surface area contributed by atoms with Crippen molar-refractivity contribution in [1.82, 2.24) is 0 Å². The Morgan fingerprint density at radius 1 is 1.38 bits per heavy atom. The summed E-state index contributed by atoms with van der Waals surface area (Å²) in [6, 6.07) is 11.2. The highest BCUT2D eigenvalue weighted by atomic mass is 16.5. The number of nitrogens with zero attached hydrogens (tertiary/aromatic N) is 1. The maximum atomic E-state index is 8.38. The van der Waals surface area contributed by atoms with Crippen LogP contribution in [0, 0.1) is 11.3 Å². The average molecular weight is 176 g/mol. The summed E-state index contributed by atoms with van der Waals surface area (Å²) in [6.07, 6.45) is 0. The minimum Gasteiger partial charge on any atom is -0.374 e. The van der Waals surface area contributed by atoms with E-state index in [4.69, 9.17) is 15.7 Å². The van der Waals surface area contributed by atoms with Gasteiger partial charge in [0.15, 0.2) is 0 Å². The molecule has 0 aliphatic heterocycles. The molecule has 0 fully saturated rings. The topological polar surface area (TPSA) is 59.0 Å². The summed E-state index contributed by atoms with van der Waals surface area (Å²) in [6.45, 7) is 0.793. The van der Waals surface area contributed by atoms with Crippen LogP contribution in [-0.4, -0.2) is 12.6 Å². The summed E-state index contributed by atoms with van der Waals surface area (Å²) in [5.74, 6) is 0. The van der Waals surface area contributed by atoms with Crippen LogP contribution in [0.3, 0.4) is 0 Å². The summed E-state index contributed by atoms with van der Waals surface area (Å²) in [5, 5.41) is 8.38. The van der Waals surface area contributed by atoms with Crippen LogP contribution >= 0.6 is 0 Å². The van der Waals surface area contributed by atoms with E-state index >= 15 is 0 Å². The number of ether oxygens (including phenoxy) is 1. The summed E-state index contributed by atoms with van der Waals surface area (Å²) in [4.78, 5) is 0. The van der Waals surface area contributed by atoms with Gasteiger partial charge in [-0.3, -0.25) is 0 Å². The summed E-state index contributed by atoms with van der Waals surface area (Å²) in [5.41, 5.74) is 6.44. The quantitative estimate of drug-likeness (QED) is 0.746. The van der Waals surface area contributed by atoms with Crippen molar-refractivity contribution in [3.63, 3.8) is 0 Å². The maximum absolute atomic E-state index is 8.38. The molecule has 3 nitrogen and oxygen atoms in total. The molecule has 0 heterocycles. The molecule has 0 amide bonds. The molecule has 0 saturated carbocycles. The van der Waals surface area contributed by atoms with Crippen molar-refractivity contribution < 1.29 is 4.74 Å². The van der Waals surface area contributed by atoms with E-state index in [1.165, 1.54) is 0 Å². The van der Waals surface area contributed by atoms with Crippen LogP contribution in [0.5, 0.6) is 0 Å². The number of nitriles is 1. The Morgan fingerprint density at radius 2 is 2.08 bits per heavy atom. The second-order valence-corrected chi connectivity index (χ2v) is 2.74. The van der Waals surface area contributed by atoms with Gasteiger partial charge in [0, 0.05) is 0 Å². The third-order valence-electron chi connectivity index (χ3n) is 1.57. The molecule has 13 heavy (non-hydrogen) atoms. The summed E-state index contributed by atoms with van der Waals surface area (Å²) < 4.78 is 5.22. The van der Waals surface area contributed by atoms with E-state index in [0.717, 1.165) is 5.56 Å². The molecule has 2 N–H and O–H groups in total. The second-order valence-electron chi connectivity index (χ2n) is 2.74. The van der Waals surface area contributed by atoms with Crippen molar-refractivity contribution in [2.75, 3.05) is 6.61 Å². The van der Waals surface area contributed by atoms with Crippen molar-refractivity contribution in [2.24, 2.45) is 5.73 Å². The van der Waals surface area contributed by atoms with Crippen LogP contribution in [0.2, 0.25) is 0 Å². The molecule has 1 rings (SSSR count). The van der Waals surface area contributed by atoms with Gasteiger partial charge in [0.25, 0.3) is 0 Å². The van der Waals surface area contributed by atoms with E-state index in [0.29, 0.717) is 6.61 Å². The Balaban J connectivity index is 2.25. The van der Waals surface area contributed by atoms with E-state index in [2.05, 4.69) is 0 Å². The number of hydrogen-bond donors (Lipinski definition) is 1. The van der Waals surface area contributed by atoms with E-state index in [-0.39, 0.29) is 6.61 Å². The molecule has 0 aliphatic carbocycles. The van der Waals surface area contributed by atoms with Gasteiger partial charge in [-0.15, -0.1) is 0 Å². The molecule has 0 saturated heterocycles. The van der Waals surface area contributed by atoms with E-state index in [1.807, 2.05) is 36.4 Å². The van der Waals surface area contributed by atoms with E-state index < -0.39 is 6.04 Å². The van der Waals surface area contributed by atoms with Crippen LogP contribution in [0.25, 0.3) is 0 Å². The van der Waals surface area contributed by atoms with Crippen LogP contribution in [0.1, 0.15) is 5.56 Å². The minimum absolute atomic E-state index is 0.283. The monoisotopic (exact) mass is 176 g/mol. The number of benzene rings is 1. The molecule has 0 spiro atoms. The predicted octanol–water partition coefficient (Wildman–Crippen LogP) is 1.05. The van der Waals surface area contributed by atoms with Crippen LogP contribution in [0.15, 0.2) is 30.3 Å². The van der Waals surface area contributed by atoms with Gasteiger partial charge in [0.2, 0.25) is 0 Å². The largest absolute Gasteiger partial charge is 0.374 e. The van der Waals surface area contributed by atoms with Gasteiger partial charge in [0.05, 0.1) is 19.3 Å². The van der Waals surface area contributed by atoms with Crippen LogP contribution in [0.4, 0.5) is 0 Å².